The van der Waals surface area contributed by atoms with E-state index in [-0.39, 0.29) is 12.0 Å². The zero-order valence-electron chi connectivity index (χ0n) is 11.3. The fourth-order valence-electron chi connectivity index (χ4n) is 2.37. The Balaban J connectivity index is 2.75. The van der Waals surface area contributed by atoms with Gasteiger partial charge in [-0.2, -0.15) is 0 Å². The third kappa shape index (κ3) is 1.87. The van der Waals surface area contributed by atoms with Gasteiger partial charge in [-0.15, -0.1) is 0 Å². The van der Waals surface area contributed by atoms with Gasteiger partial charge < -0.3 is 9.67 Å². The summed E-state index contributed by atoms with van der Waals surface area (Å²) >= 11 is 0. The summed E-state index contributed by atoms with van der Waals surface area (Å²) in [7, 11) is 2.01. The molecule has 17 heavy (non-hydrogen) atoms. The van der Waals surface area contributed by atoms with Crippen LogP contribution in [0.2, 0.25) is 0 Å². The summed E-state index contributed by atoms with van der Waals surface area (Å²) in [5, 5.41) is 10.7. The quantitative estimate of drug-likeness (QED) is 0.800. The molecule has 1 aromatic carbocycles. The van der Waals surface area contributed by atoms with Crippen LogP contribution in [0.15, 0.2) is 18.2 Å². The van der Waals surface area contributed by atoms with Gasteiger partial charge in [0.2, 0.25) is 0 Å². The standard InChI is InChI=1S/C15H21NO/c1-10-12-8-11(15(2,3)4)6-7-13(12)16(5)14(10)9-17/h6-8,17H,9H2,1-5H3. The maximum atomic E-state index is 9.41. The van der Waals surface area contributed by atoms with E-state index in [1.54, 1.807) is 0 Å². The third-order valence-electron chi connectivity index (χ3n) is 3.62. The van der Waals surface area contributed by atoms with Crippen LogP contribution in [0.3, 0.4) is 0 Å². The summed E-state index contributed by atoms with van der Waals surface area (Å²) in [5.41, 5.74) is 4.89. The van der Waals surface area contributed by atoms with Gasteiger partial charge in [-0.25, -0.2) is 0 Å². The van der Waals surface area contributed by atoms with Gasteiger partial charge in [-0.1, -0.05) is 26.8 Å². The molecule has 2 aromatic rings. The SMILES string of the molecule is Cc1c(CO)n(C)c2ccc(C(C)(C)C)cc12. The Kier molecular flexibility index (Phi) is 2.78. The minimum absolute atomic E-state index is 0.0991. The number of aryl methyl sites for hydroxylation is 2. The van der Waals surface area contributed by atoms with E-state index in [0.29, 0.717) is 0 Å². The molecule has 2 heteroatoms. The van der Waals surface area contributed by atoms with Gasteiger partial charge >= 0.3 is 0 Å². The summed E-state index contributed by atoms with van der Waals surface area (Å²) < 4.78 is 2.08. The summed E-state index contributed by atoms with van der Waals surface area (Å²) in [6, 6.07) is 6.59. The molecule has 0 amide bonds. The normalized spacial score (nSPS) is 12.4. The lowest BCUT2D eigenvalue weighted by Gasteiger charge is -2.19. The van der Waals surface area contributed by atoms with Gasteiger partial charge in [0.15, 0.2) is 0 Å². The van der Waals surface area contributed by atoms with Gasteiger partial charge in [0.25, 0.3) is 0 Å². The first-order valence-corrected chi connectivity index (χ1v) is 6.05. The van der Waals surface area contributed by atoms with Crippen LogP contribution < -0.4 is 0 Å². The highest BCUT2D eigenvalue weighted by Crippen LogP contribution is 2.30. The van der Waals surface area contributed by atoms with E-state index in [4.69, 9.17) is 0 Å². The van der Waals surface area contributed by atoms with Crippen molar-refractivity contribution in [3.63, 3.8) is 0 Å². The Hall–Kier alpha value is -1.28. The minimum Gasteiger partial charge on any atom is -0.390 e. The topological polar surface area (TPSA) is 25.2 Å². The zero-order chi connectivity index (χ0) is 12.8. The first-order valence-electron chi connectivity index (χ1n) is 6.05. The molecule has 0 spiro atoms. The minimum atomic E-state index is 0.0991. The van der Waals surface area contributed by atoms with Gasteiger partial charge in [0, 0.05) is 23.6 Å². The molecule has 1 heterocycles. The van der Waals surface area contributed by atoms with Crippen molar-refractivity contribution >= 4 is 10.9 Å². The van der Waals surface area contributed by atoms with Crippen molar-refractivity contribution in [2.45, 2.75) is 39.7 Å². The van der Waals surface area contributed by atoms with E-state index in [1.165, 1.54) is 22.0 Å². The largest absolute Gasteiger partial charge is 0.390 e. The van der Waals surface area contributed by atoms with E-state index in [1.807, 2.05) is 7.05 Å². The Labute approximate surface area is 103 Å². The molecule has 0 aliphatic heterocycles. The van der Waals surface area contributed by atoms with Gasteiger partial charge in [0.1, 0.15) is 0 Å². The van der Waals surface area contributed by atoms with Crippen LogP contribution in [-0.4, -0.2) is 9.67 Å². The number of aliphatic hydroxyl groups excluding tert-OH is 1. The van der Waals surface area contributed by atoms with Crippen molar-refractivity contribution in [2.75, 3.05) is 0 Å². The molecular weight excluding hydrogens is 210 g/mol. The lowest BCUT2D eigenvalue weighted by Crippen LogP contribution is -2.10. The van der Waals surface area contributed by atoms with Crippen LogP contribution in [0.25, 0.3) is 10.9 Å². The molecule has 0 bridgehead atoms. The molecule has 0 unspecified atom stereocenters. The molecule has 2 nitrogen and oxygen atoms in total. The lowest BCUT2D eigenvalue weighted by atomic mass is 9.86. The molecule has 1 N–H and O–H groups in total. The number of aliphatic hydroxyl groups is 1. The van der Waals surface area contributed by atoms with Crippen LogP contribution in [0, 0.1) is 6.92 Å². The van der Waals surface area contributed by atoms with Crippen molar-refractivity contribution in [3.05, 3.63) is 35.0 Å². The molecule has 2 rings (SSSR count). The molecule has 0 radical (unpaired) electrons. The number of fused-ring (bicyclic) bond motifs is 1. The Bertz CT molecular complexity index is 558. The van der Waals surface area contributed by atoms with Crippen LogP contribution in [-0.2, 0) is 19.1 Å². The smallest absolute Gasteiger partial charge is 0.0835 e. The van der Waals surface area contributed by atoms with Gasteiger partial charge in [-0.3, -0.25) is 0 Å². The maximum Gasteiger partial charge on any atom is 0.0835 e. The predicted octanol–water partition coefficient (Wildman–Crippen LogP) is 3.28. The number of aromatic nitrogens is 1. The number of benzene rings is 1. The Morgan fingerprint density at radius 2 is 1.88 bits per heavy atom. The van der Waals surface area contributed by atoms with E-state index >= 15 is 0 Å². The lowest BCUT2D eigenvalue weighted by molar-refractivity contribution is 0.272. The molecule has 1 aromatic heterocycles. The Morgan fingerprint density at radius 3 is 2.41 bits per heavy atom. The van der Waals surface area contributed by atoms with Crippen molar-refractivity contribution in [3.8, 4) is 0 Å². The average Bonchev–Trinajstić information content (AvgIpc) is 2.50. The monoisotopic (exact) mass is 231 g/mol. The molecular formula is C15H21NO. The zero-order valence-corrected chi connectivity index (χ0v) is 11.3. The number of hydrogen-bond donors (Lipinski definition) is 1. The number of nitrogens with zero attached hydrogens (tertiary/aromatic N) is 1. The van der Waals surface area contributed by atoms with Crippen LogP contribution in [0.4, 0.5) is 0 Å². The van der Waals surface area contributed by atoms with E-state index in [2.05, 4.69) is 50.5 Å². The summed E-state index contributed by atoms with van der Waals surface area (Å²) in [5.74, 6) is 0. The van der Waals surface area contributed by atoms with Gasteiger partial charge in [-0.05, 0) is 35.6 Å². The van der Waals surface area contributed by atoms with Crippen LogP contribution >= 0.6 is 0 Å². The van der Waals surface area contributed by atoms with Crippen molar-refractivity contribution in [1.29, 1.82) is 0 Å². The van der Waals surface area contributed by atoms with Crippen molar-refractivity contribution < 1.29 is 5.11 Å². The Morgan fingerprint density at radius 1 is 1.24 bits per heavy atom. The van der Waals surface area contributed by atoms with Crippen LogP contribution in [0.1, 0.15) is 37.6 Å². The molecule has 0 aliphatic rings. The van der Waals surface area contributed by atoms with Crippen molar-refractivity contribution in [1.82, 2.24) is 4.57 Å². The molecule has 0 aliphatic carbocycles. The molecule has 0 saturated heterocycles. The maximum absolute atomic E-state index is 9.41. The van der Waals surface area contributed by atoms with E-state index in [0.717, 1.165) is 5.69 Å². The van der Waals surface area contributed by atoms with Gasteiger partial charge in [0.05, 0.1) is 6.61 Å². The first kappa shape index (κ1) is 12.2. The summed E-state index contributed by atoms with van der Waals surface area (Å²) in [6.07, 6.45) is 0. The highest BCUT2D eigenvalue weighted by molar-refractivity contribution is 5.86. The summed E-state index contributed by atoms with van der Waals surface area (Å²) in [6.45, 7) is 8.85. The van der Waals surface area contributed by atoms with Crippen LogP contribution in [0.5, 0.6) is 0 Å². The second kappa shape index (κ2) is 3.88. The van der Waals surface area contributed by atoms with Crippen molar-refractivity contribution in [2.24, 2.45) is 7.05 Å². The second-order valence-corrected chi connectivity index (χ2v) is 5.77. The first-order chi connectivity index (χ1) is 7.86. The molecule has 0 atom stereocenters. The van der Waals surface area contributed by atoms with E-state index < -0.39 is 0 Å². The number of rotatable bonds is 1. The fraction of sp³-hybridized carbons (Fsp3) is 0.467. The highest BCUT2D eigenvalue weighted by atomic mass is 16.3. The summed E-state index contributed by atoms with van der Waals surface area (Å²) in [4.78, 5) is 0. The highest BCUT2D eigenvalue weighted by Gasteiger charge is 2.17. The molecule has 92 valence electrons. The van der Waals surface area contributed by atoms with E-state index in [9.17, 15) is 5.11 Å². The second-order valence-electron chi connectivity index (χ2n) is 5.77. The average molecular weight is 231 g/mol. The fourth-order valence-corrected chi connectivity index (χ4v) is 2.37. The predicted molar refractivity (Wildman–Crippen MR) is 72.3 cm³/mol. The third-order valence-corrected chi connectivity index (χ3v) is 3.62. The number of hydrogen-bond acceptors (Lipinski definition) is 1. The molecule has 0 saturated carbocycles. The molecule has 0 fully saturated rings.